The molecule has 1 amide bonds. The third-order valence-corrected chi connectivity index (χ3v) is 5.69. The van der Waals surface area contributed by atoms with Crippen molar-refractivity contribution >= 4 is 23.2 Å². The van der Waals surface area contributed by atoms with E-state index in [1.165, 1.54) is 5.69 Å². The third kappa shape index (κ3) is 3.92. The van der Waals surface area contributed by atoms with E-state index in [2.05, 4.69) is 29.2 Å². The molecule has 0 spiro atoms. The molecule has 2 aromatic carbocycles. The summed E-state index contributed by atoms with van der Waals surface area (Å²) in [6.07, 6.45) is 2.75. The Labute approximate surface area is 170 Å². The molecule has 2 heterocycles. The number of piperazine rings is 1. The van der Waals surface area contributed by atoms with Crippen LogP contribution in [0, 0.1) is 0 Å². The van der Waals surface area contributed by atoms with Gasteiger partial charge in [-0.15, -0.1) is 0 Å². The lowest BCUT2D eigenvalue weighted by Gasteiger charge is -2.36. The lowest BCUT2D eigenvalue weighted by atomic mass is 10.1. The first kappa shape index (κ1) is 18.6. The maximum Gasteiger partial charge on any atom is 0.270 e. The molecule has 0 bridgehead atoms. The summed E-state index contributed by atoms with van der Waals surface area (Å²) in [5.41, 5.74) is 4.12. The summed E-state index contributed by atoms with van der Waals surface area (Å²) in [5, 5.41) is 0.760. The fraction of sp³-hybridized carbons (Fsp3) is 0.261. The number of carbonyl (C=O) groups excluding carboxylic acids is 1. The maximum atomic E-state index is 13.1. The molecule has 4 nitrogen and oxygen atoms in total. The second-order valence-corrected chi connectivity index (χ2v) is 7.63. The van der Waals surface area contributed by atoms with Crippen LogP contribution in [0.3, 0.4) is 0 Å². The van der Waals surface area contributed by atoms with Gasteiger partial charge in [0.2, 0.25) is 0 Å². The summed E-state index contributed by atoms with van der Waals surface area (Å²) in [4.78, 5) is 17.3. The Morgan fingerprint density at radius 2 is 1.64 bits per heavy atom. The Balaban J connectivity index is 1.43. The van der Waals surface area contributed by atoms with Crippen molar-refractivity contribution in [3.05, 3.63) is 88.7 Å². The molecule has 0 aliphatic carbocycles. The van der Waals surface area contributed by atoms with Crippen LogP contribution in [-0.2, 0) is 13.5 Å². The van der Waals surface area contributed by atoms with E-state index in [4.69, 9.17) is 11.6 Å². The molecule has 0 atom stereocenters. The van der Waals surface area contributed by atoms with Crippen molar-refractivity contribution in [3.63, 3.8) is 0 Å². The lowest BCUT2D eigenvalue weighted by molar-refractivity contribution is 0.0737. The van der Waals surface area contributed by atoms with Crippen LogP contribution in [0.4, 0.5) is 5.69 Å². The van der Waals surface area contributed by atoms with Crippen LogP contribution in [-0.4, -0.2) is 41.6 Å². The van der Waals surface area contributed by atoms with Crippen molar-refractivity contribution in [2.45, 2.75) is 6.42 Å². The minimum atomic E-state index is 0.0978. The largest absolute Gasteiger partial charge is 0.368 e. The van der Waals surface area contributed by atoms with Gasteiger partial charge in [0.15, 0.2) is 0 Å². The van der Waals surface area contributed by atoms with Crippen LogP contribution in [0.15, 0.2) is 66.9 Å². The number of aryl methyl sites for hydroxylation is 1. The molecule has 28 heavy (non-hydrogen) atoms. The molecular weight excluding hydrogens is 370 g/mol. The zero-order valence-corrected chi connectivity index (χ0v) is 16.8. The summed E-state index contributed by atoms with van der Waals surface area (Å²) in [5.74, 6) is 0.0978. The van der Waals surface area contributed by atoms with Crippen LogP contribution in [0.5, 0.6) is 0 Å². The second-order valence-electron chi connectivity index (χ2n) is 7.23. The maximum absolute atomic E-state index is 13.1. The van der Waals surface area contributed by atoms with Gasteiger partial charge in [-0.1, -0.05) is 48.0 Å². The minimum Gasteiger partial charge on any atom is -0.368 e. The standard InChI is InChI=1S/C23H24ClN3O/c1-25-17-18(15-19-7-5-6-10-21(19)24)16-22(25)23(28)27-13-11-26(12-14-27)20-8-3-2-4-9-20/h2-10,16-17H,11-15H2,1H3. The van der Waals surface area contributed by atoms with E-state index in [1.807, 2.05) is 59.1 Å². The first-order chi connectivity index (χ1) is 13.6. The van der Waals surface area contributed by atoms with Crippen molar-refractivity contribution in [1.29, 1.82) is 0 Å². The SMILES string of the molecule is Cn1cc(Cc2ccccc2Cl)cc1C(=O)N1CCN(c2ccccc2)CC1. The monoisotopic (exact) mass is 393 g/mol. The van der Waals surface area contributed by atoms with Gasteiger partial charge >= 0.3 is 0 Å². The van der Waals surface area contributed by atoms with Gasteiger partial charge in [0.25, 0.3) is 5.91 Å². The predicted molar refractivity (Wildman–Crippen MR) is 114 cm³/mol. The molecule has 3 aromatic rings. The number of nitrogens with zero attached hydrogens (tertiary/aromatic N) is 3. The number of carbonyl (C=O) groups is 1. The fourth-order valence-corrected chi connectivity index (χ4v) is 3.98. The second kappa shape index (κ2) is 8.11. The summed E-state index contributed by atoms with van der Waals surface area (Å²) < 4.78 is 1.93. The molecular formula is C23H24ClN3O. The van der Waals surface area contributed by atoms with E-state index < -0.39 is 0 Å². The molecule has 144 valence electrons. The van der Waals surface area contributed by atoms with Crippen molar-refractivity contribution in [2.75, 3.05) is 31.1 Å². The Morgan fingerprint density at radius 3 is 2.36 bits per heavy atom. The van der Waals surface area contributed by atoms with Gasteiger partial charge in [-0.2, -0.15) is 0 Å². The predicted octanol–water partition coefficient (Wildman–Crippen LogP) is 4.23. The topological polar surface area (TPSA) is 28.5 Å². The summed E-state index contributed by atoms with van der Waals surface area (Å²) in [6.45, 7) is 3.18. The number of hydrogen-bond donors (Lipinski definition) is 0. The van der Waals surface area contributed by atoms with Crippen molar-refractivity contribution < 1.29 is 4.79 Å². The molecule has 1 saturated heterocycles. The zero-order valence-electron chi connectivity index (χ0n) is 16.0. The highest BCUT2D eigenvalue weighted by Gasteiger charge is 2.24. The molecule has 0 radical (unpaired) electrons. The molecule has 0 unspecified atom stereocenters. The average Bonchev–Trinajstić information content (AvgIpc) is 3.10. The van der Waals surface area contributed by atoms with Gasteiger partial charge < -0.3 is 14.4 Å². The molecule has 0 saturated carbocycles. The van der Waals surface area contributed by atoms with Crippen LogP contribution in [0.2, 0.25) is 5.02 Å². The van der Waals surface area contributed by atoms with Gasteiger partial charge in [0.05, 0.1) is 0 Å². The number of amides is 1. The highest BCUT2D eigenvalue weighted by atomic mass is 35.5. The van der Waals surface area contributed by atoms with Gasteiger partial charge in [-0.05, 0) is 35.4 Å². The quantitative estimate of drug-likeness (QED) is 0.663. The van der Waals surface area contributed by atoms with Gasteiger partial charge in [-0.25, -0.2) is 0 Å². The van der Waals surface area contributed by atoms with E-state index >= 15 is 0 Å². The Kier molecular flexibility index (Phi) is 5.40. The first-order valence-corrected chi connectivity index (χ1v) is 9.97. The van der Waals surface area contributed by atoms with Crippen LogP contribution in [0.25, 0.3) is 0 Å². The van der Waals surface area contributed by atoms with Crippen molar-refractivity contribution in [1.82, 2.24) is 9.47 Å². The molecule has 1 fully saturated rings. The smallest absolute Gasteiger partial charge is 0.270 e. The molecule has 1 aliphatic heterocycles. The van der Waals surface area contributed by atoms with Gasteiger partial charge in [0.1, 0.15) is 5.69 Å². The Bertz CT molecular complexity index is 959. The van der Waals surface area contributed by atoms with Crippen molar-refractivity contribution in [3.8, 4) is 0 Å². The van der Waals surface area contributed by atoms with E-state index in [1.54, 1.807) is 0 Å². The summed E-state index contributed by atoms with van der Waals surface area (Å²) in [6, 6.07) is 20.2. The minimum absolute atomic E-state index is 0.0978. The summed E-state index contributed by atoms with van der Waals surface area (Å²) >= 11 is 6.28. The first-order valence-electron chi connectivity index (χ1n) is 9.60. The third-order valence-electron chi connectivity index (χ3n) is 5.32. The van der Waals surface area contributed by atoms with E-state index in [0.717, 1.165) is 54.4 Å². The van der Waals surface area contributed by atoms with E-state index in [0.29, 0.717) is 0 Å². The highest BCUT2D eigenvalue weighted by Crippen LogP contribution is 2.21. The van der Waals surface area contributed by atoms with Gasteiger partial charge in [0, 0.05) is 56.6 Å². The molecule has 1 aliphatic rings. The van der Waals surface area contributed by atoms with Crippen LogP contribution in [0.1, 0.15) is 21.6 Å². The average molecular weight is 394 g/mol. The van der Waals surface area contributed by atoms with Crippen molar-refractivity contribution in [2.24, 2.45) is 7.05 Å². The number of aromatic nitrogens is 1. The highest BCUT2D eigenvalue weighted by molar-refractivity contribution is 6.31. The number of anilines is 1. The Morgan fingerprint density at radius 1 is 0.964 bits per heavy atom. The molecule has 1 aromatic heterocycles. The number of halogens is 1. The van der Waals surface area contributed by atoms with Crippen LogP contribution < -0.4 is 4.90 Å². The lowest BCUT2D eigenvalue weighted by Crippen LogP contribution is -2.49. The molecule has 4 rings (SSSR count). The Hall–Kier alpha value is -2.72. The molecule has 0 N–H and O–H groups in total. The number of para-hydroxylation sites is 1. The van der Waals surface area contributed by atoms with Crippen LogP contribution >= 0.6 is 11.6 Å². The normalized spacial score (nSPS) is 14.4. The fourth-order valence-electron chi connectivity index (χ4n) is 3.77. The zero-order chi connectivity index (χ0) is 19.5. The van der Waals surface area contributed by atoms with E-state index in [9.17, 15) is 4.79 Å². The number of hydrogen-bond acceptors (Lipinski definition) is 2. The van der Waals surface area contributed by atoms with Gasteiger partial charge in [-0.3, -0.25) is 4.79 Å². The number of benzene rings is 2. The summed E-state index contributed by atoms with van der Waals surface area (Å²) in [7, 11) is 1.93. The molecule has 5 heteroatoms. The van der Waals surface area contributed by atoms with E-state index in [-0.39, 0.29) is 5.91 Å². The number of rotatable bonds is 4.